The largest absolute Gasteiger partial charge is 0.399 e. The number of nitrogens with one attached hydrogen (secondary N) is 2. The number of allylic oxidation sites excluding steroid dienone is 3. The van der Waals surface area contributed by atoms with E-state index in [1.54, 1.807) is 6.08 Å². The lowest BCUT2D eigenvalue weighted by Crippen LogP contribution is -2.20. The fraction of sp³-hybridized carbons (Fsp3) is 0.235. The van der Waals surface area contributed by atoms with Crippen molar-refractivity contribution in [2.75, 3.05) is 12.4 Å². The molecule has 20 heavy (non-hydrogen) atoms. The van der Waals surface area contributed by atoms with Gasteiger partial charge in [-0.15, -0.1) is 0 Å². The average Bonchev–Trinajstić information content (AvgIpc) is 2.46. The maximum absolute atomic E-state index is 8.55. The fourth-order valence-electron chi connectivity index (χ4n) is 2.53. The number of anilines is 1. The van der Waals surface area contributed by atoms with Crippen molar-refractivity contribution in [3.8, 4) is 0 Å². The third-order valence-electron chi connectivity index (χ3n) is 3.72. The van der Waals surface area contributed by atoms with Gasteiger partial charge in [0, 0.05) is 35.6 Å². The first-order chi connectivity index (χ1) is 9.56. The van der Waals surface area contributed by atoms with Crippen LogP contribution in [-0.4, -0.2) is 12.8 Å². The summed E-state index contributed by atoms with van der Waals surface area (Å²) in [6.45, 7) is 5.83. The van der Waals surface area contributed by atoms with Gasteiger partial charge in [-0.25, -0.2) is 0 Å². The number of hydrogen-bond donors (Lipinski definition) is 3. The van der Waals surface area contributed by atoms with Crippen molar-refractivity contribution in [1.29, 1.82) is 5.41 Å². The van der Waals surface area contributed by atoms with Crippen LogP contribution in [0.1, 0.15) is 24.5 Å². The molecular formula is C17H21N3. The van der Waals surface area contributed by atoms with Crippen LogP contribution in [0.2, 0.25) is 0 Å². The van der Waals surface area contributed by atoms with E-state index >= 15 is 0 Å². The molecule has 0 fully saturated rings. The molecule has 4 N–H and O–H groups in total. The molecule has 0 saturated heterocycles. The molecule has 3 heteroatoms. The SMILES string of the molecule is C=Cc1ccc(NC)c(C(=N)C2CC=C(N)C=C2C)c1. The summed E-state index contributed by atoms with van der Waals surface area (Å²) in [5.41, 5.74) is 11.3. The van der Waals surface area contributed by atoms with E-state index in [0.29, 0.717) is 5.71 Å². The standard InChI is InChI=1S/C17H21N3/c1-4-12-5-8-16(20-3)15(10-12)17(19)14-7-6-13(18)9-11(14)2/h4-6,8-10,14,19-20H,1,7,18H2,2-3H3. The van der Waals surface area contributed by atoms with Crippen LogP contribution < -0.4 is 11.1 Å². The molecule has 0 aromatic heterocycles. The van der Waals surface area contributed by atoms with Crippen molar-refractivity contribution in [3.05, 3.63) is 59.3 Å². The van der Waals surface area contributed by atoms with Gasteiger partial charge in [-0.3, -0.25) is 0 Å². The Morgan fingerprint density at radius 1 is 1.50 bits per heavy atom. The van der Waals surface area contributed by atoms with E-state index in [4.69, 9.17) is 11.1 Å². The molecule has 3 nitrogen and oxygen atoms in total. The molecule has 1 aliphatic rings. The minimum Gasteiger partial charge on any atom is -0.399 e. The first-order valence-electron chi connectivity index (χ1n) is 6.73. The number of rotatable bonds is 4. The minimum atomic E-state index is 0.0921. The third-order valence-corrected chi connectivity index (χ3v) is 3.72. The van der Waals surface area contributed by atoms with Gasteiger partial charge in [0.1, 0.15) is 0 Å². The molecule has 1 aromatic rings. The Balaban J connectivity index is 2.39. The number of hydrogen-bond acceptors (Lipinski definition) is 3. The van der Waals surface area contributed by atoms with E-state index in [1.165, 1.54) is 0 Å². The first-order valence-corrected chi connectivity index (χ1v) is 6.73. The summed E-state index contributed by atoms with van der Waals surface area (Å²) >= 11 is 0. The Morgan fingerprint density at radius 3 is 2.85 bits per heavy atom. The normalized spacial score (nSPS) is 18.0. The van der Waals surface area contributed by atoms with E-state index < -0.39 is 0 Å². The summed E-state index contributed by atoms with van der Waals surface area (Å²) in [5, 5.41) is 11.7. The van der Waals surface area contributed by atoms with Gasteiger partial charge >= 0.3 is 0 Å². The summed E-state index contributed by atoms with van der Waals surface area (Å²) in [7, 11) is 1.88. The average molecular weight is 267 g/mol. The van der Waals surface area contributed by atoms with Gasteiger partial charge in [-0.05, 0) is 37.1 Å². The van der Waals surface area contributed by atoms with Crippen LogP contribution in [0, 0.1) is 11.3 Å². The lowest BCUT2D eigenvalue weighted by Gasteiger charge is -2.23. The quantitative estimate of drug-likeness (QED) is 0.731. The molecule has 0 heterocycles. The zero-order valence-electron chi connectivity index (χ0n) is 12.0. The predicted molar refractivity (Wildman–Crippen MR) is 87.0 cm³/mol. The van der Waals surface area contributed by atoms with E-state index in [2.05, 4.69) is 11.9 Å². The summed E-state index contributed by atoms with van der Waals surface area (Å²) in [6.07, 6.45) is 6.54. The highest BCUT2D eigenvalue weighted by atomic mass is 14.8. The summed E-state index contributed by atoms with van der Waals surface area (Å²) in [5.74, 6) is 0.0921. The first kappa shape index (κ1) is 14.1. The maximum atomic E-state index is 8.55. The molecule has 0 spiro atoms. The predicted octanol–water partition coefficient (Wildman–Crippen LogP) is 3.55. The van der Waals surface area contributed by atoms with Crippen LogP contribution in [0.4, 0.5) is 5.69 Å². The molecule has 1 atom stereocenters. The molecule has 0 saturated carbocycles. The Labute approximate surface area is 120 Å². The van der Waals surface area contributed by atoms with Gasteiger partial charge in [-0.1, -0.05) is 30.4 Å². The minimum absolute atomic E-state index is 0.0921. The topological polar surface area (TPSA) is 61.9 Å². The Morgan fingerprint density at radius 2 is 2.25 bits per heavy atom. The van der Waals surface area contributed by atoms with Gasteiger partial charge in [0.2, 0.25) is 0 Å². The maximum Gasteiger partial charge on any atom is 0.0481 e. The van der Waals surface area contributed by atoms with Crippen LogP contribution in [-0.2, 0) is 0 Å². The molecule has 0 amide bonds. The van der Waals surface area contributed by atoms with E-state index in [9.17, 15) is 0 Å². The molecule has 0 bridgehead atoms. The van der Waals surface area contributed by atoms with Gasteiger partial charge in [-0.2, -0.15) is 0 Å². The highest BCUT2D eigenvalue weighted by molar-refractivity contribution is 6.06. The zero-order chi connectivity index (χ0) is 14.7. The van der Waals surface area contributed by atoms with Crippen molar-refractivity contribution in [3.63, 3.8) is 0 Å². The van der Waals surface area contributed by atoms with Crippen molar-refractivity contribution in [1.82, 2.24) is 0 Å². The van der Waals surface area contributed by atoms with Crippen LogP contribution in [0.5, 0.6) is 0 Å². The van der Waals surface area contributed by atoms with E-state index in [1.807, 2.05) is 44.3 Å². The van der Waals surface area contributed by atoms with Crippen molar-refractivity contribution >= 4 is 17.5 Å². The second-order valence-corrected chi connectivity index (χ2v) is 5.05. The molecule has 1 aromatic carbocycles. The lowest BCUT2D eigenvalue weighted by atomic mass is 9.83. The van der Waals surface area contributed by atoms with Crippen molar-refractivity contribution in [2.24, 2.45) is 11.7 Å². The molecule has 2 rings (SSSR count). The molecule has 104 valence electrons. The molecule has 1 unspecified atom stereocenters. The van der Waals surface area contributed by atoms with Crippen molar-refractivity contribution in [2.45, 2.75) is 13.3 Å². The van der Waals surface area contributed by atoms with Gasteiger partial charge in [0.25, 0.3) is 0 Å². The van der Waals surface area contributed by atoms with Crippen molar-refractivity contribution < 1.29 is 0 Å². The fourth-order valence-corrected chi connectivity index (χ4v) is 2.53. The molecule has 0 aliphatic heterocycles. The summed E-state index contributed by atoms with van der Waals surface area (Å²) in [6, 6.07) is 6.00. The van der Waals surface area contributed by atoms with Crippen LogP contribution in [0.25, 0.3) is 6.08 Å². The highest BCUT2D eigenvalue weighted by Crippen LogP contribution is 2.29. The molecule has 0 radical (unpaired) electrons. The third kappa shape index (κ3) is 2.67. The smallest absolute Gasteiger partial charge is 0.0481 e. The van der Waals surface area contributed by atoms with Crippen LogP contribution in [0.15, 0.2) is 48.2 Å². The lowest BCUT2D eigenvalue weighted by molar-refractivity contribution is 0.793. The highest BCUT2D eigenvalue weighted by Gasteiger charge is 2.21. The Kier molecular flexibility index (Phi) is 4.08. The Bertz CT molecular complexity index is 609. The number of benzene rings is 1. The van der Waals surface area contributed by atoms with E-state index in [0.717, 1.165) is 34.5 Å². The molecule has 1 aliphatic carbocycles. The molecular weight excluding hydrogens is 246 g/mol. The summed E-state index contributed by atoms with van der Waals surface area (Å²) in [4.78, 5) is 0. The summed E-state index contributed by atoms with van der Waals surface area (Å²) < 4.78 is 0. The number of nitrogens with two attached hydrogens (primary N) is 1. The van der Waals surface area contributed by atoms with Gasteiger partial charge < -0.3 is 16.5 Å². The van der Waals surface area contributed by atoms with Crippen LogP contribution in [0.3, 0.4) is 0 Å². The van der Waals surface area contributed by atoms with E-state index in [-0.39, 0.29) is 5.92 Å². The van der Waals surface area contributed by atoms with Crippen LogP contribution >= 0.6 is 0 Å². The Hall–Kier alpha value is -2.29. The van der Waals surface area contributed by atoms with Gasteiger partial charge in [0.05, 0.1) is 0 Å². The van der Waals surface area contributed by atoms with Gasteiger partial charge in [0.15, 0.2) is 0 Å². The monoisotopic (exact) mass is 267 g/mol. The second kappa shape index (κ2) is 5.78. The second-order valence-electron chi connectivity index (χ2n) is 5.05. The zero-order valence-corrected chi connectivity index (χ0v) is 12.0.